The molecule has 68 valence electrons. The van der Waals surface area contributed by atoms with Crippen molar-refractivity contribution in [2.75, 3.05) is 0 Å². The van der Waals surface area contributed by atoms with E-state index in [0.29, 0.717) is 5.52 Å². The molecular formula is C10H6N2OS. The molecule has 2 heterocycles. The predicted molar refractivity (Wildman–Crippen MR) is 57.7 cm³/mol. The highest BCUT2D eigenvalue weighted by Gasteiger charge is 2.05. The summed E-state index contributed by atoms with van der Waals surface area (Å²) in [6.07, 6.45) is 0. The van der Waals surface area contributed by atoms with Crippen LogP contribution in [0.2, 0.25) is 0 Å². The molecule has 0 saturated heterocycles. The van der Waals surface area contributed by atoms with E-state index in [4.69, 9.17) is 0 Å². The maximum atomic E-state index is 11.5. The lowest BCUT2D eigenvalue weighted by Gasteiger charge is -1.96. The number of hydrogen-bond donors (Lipinski definition) is 1. The molecule has 0 spiro atoms. The smallest absolute Gasteiger partial charge is 0.276 e. The van der Waals surface area contributed by atoms with Gasteiger partial charge in [0, 0.05) is 21.7 Å². The molecule has 0 atom stereocenters. The minimum atomic E-state index is -0.111. The third-order valence-corrected chi connectivity index (χ3v) is 2.88. The normalized spacial score (nSPS) is 11.1. The number of nitrogens with zero attached hydrogens (tertiary/aromatic N) is 1. The van der Waals surface area contributed by atoms with Crippen LogP contribution in [-0.4, -0.2) is 9.36 Å². The molecular weight excluding hydrogens is 196 g/mol. The monoisotopic (exact) mass is 202 g/mol. The minimum absolute atomic E-state index is 0.111. The van der Waals surface area contributed by atoms with Gasteiger partial charge in [-0.3, -0.25) is 4.79 Å². The highest BCUT2D eigenvalue weighted by molar-refractivity contribution is 7.04. The molecule has 3 rings (SSSR count). The van der Waals surface area contributed by atoms with E-state index in [0.717, 1.165) is 16.3 Å². The van der Waals surface area contributed by atoms with Gasteiger partial charge in [-0.25, -0.2) is 0 Å². The fourth-order valence-corrected chi connectivity index (χ4v) is 2.28. The molecule has 1 N–H and O–H groups in total. The number of aromatic nitrogens is 2. The summed E-state index contributed by atoms with van der Waals surface area (Å²) in [5, 5.41) is 3.90. The van der Waals surface area contributed by atoms with Gasteiger partial charge in [-0.1, -0.05) is 18.2 Å². The molecule has 0 amide bonds. The van der Waals surface area contributed by atoms with Crippen LogP contribution in [0.4, 0.5) is 0 Å². The first kappa shape index (κ1) is 7.70. The Kier molecular flexibility index (Phi) is 1.46. The number of fused-ring (bicyclic) bond motifs is 3. The van der Waals surface area contributed by atoms with Crippen molar-refractivity contribution in [1.29, 1.82) is 0 Å². The molecule has 2 aromatic heterocycles. The Balaban J connectivity index is 2.73. The molecule has 0 bridgehead atoms. The molecule has 0 unspecified atom stereocenters. The fourth-order valence-electron chi connectivity index (χ4n) is 1.60. The second-order valence-corrected chi connectivity index (χ2v) is 3.71. The zero-order valence-corrected chi connectivity index (χ0v) is 7.97. The average molecular weight is 202 g/mol. The van der Waals surface area contributed by atoms with Crippen molar-refractivity contribution >= 4 is 33.3 Å². The fraction of sp³-hybridized carbons (Fsp3) is 0. The van der Waals surface area contributed by atoms with Crippen LogP contribution in [0.3, 0.4) is 0 Å². The highest BCUT2D eigenvalue weighted by Crippen LogP contribution is 2.21. The number of para-hydroxylation sites is 1. The van der Waals surface area contributed by atoms with Gasteiger partial charge in [0.2, 0.25) is 0 Å². The van der Waals surface area contributed by atoms with Crippen molar-refractivity contribution in [3.8, 4) is 0 Å². The number of nitrogens with one attached hydrogen (secondary N) is 1. The molecule has 0 radical (unpaired) electrons. The first-order valence-corrected chi connectivity index (χ1v) is 5.05. The first-order chi connectivity index (χ1) is 6.86. The molecule has 0 aliphatic rings. The first-order valence-electron chi connectivity index (χ1n) is 4.21. The van der Waals surface area contributed by atoms with Gasteiger partial charge < -0.3 is 4.98 Å². The van der Waals surface area contributed by atoms with Crippen LogP contribution in [0.1, 0.15) is 0 Å². The Labute approximate surface area is 83.2 Å². The lowest BCUT2D eigenvalue weighted by molar-refractivity contribution is 1.33. The van der Waals surface area contributed by atoms with Gasteiger partial charge in [0.1, 0.15) is 5.52 Å². The molecule has 0 saturated carbocycles. The van der Waals surface area contributed by atoms with Crippen molar-refractivity contribution in [2.45, 2.75) is 0 Å². The van der Waals surface area contributed by atoms with E-state index in [2.05, 4.69) is 9.36 Å². The van der Waals surface area contributed by atoms with Crippen LogP contribution in [-0.2, 0) is 0 Å². The number of benzene rings is 1. The van der Waals surface area contributed by atoms with Crippen molar-refractivity contribution in [3.05, 3.63) is 40.0 Å². The summed E-state index contributed by atoms with van der Waals surface area (Å²) in [4.78, 5) is 14.3. The lowest BCUT2D eigenvalue weighted by atomic mass is 10.1. The minimum Gasteiger partial charge on any atom is -0.320 e. The van der Waals surface area contributed by atoms with Gasteiger partial charge in [-0.15, -0.1) is 0 Å². The maximum absolute atomic E-state index is 11.5. The van der Waals surface area contributed by atoms with Crippen molar-refractivity contribution < 1.29 is 0 Å². The van der Waals surface area contributed by atoms with Gasteiger partial charge >= 0.3 is 0 Å². The Hall–Kier alpha value is -1.68. The molecule has 0 aliphatic heterocycles. The number of aromatic amines is 1. The van der Waals surface area contributed by atoms with Crippen molar-refractivity contribution in [2.24, 2.45) is 0 Å². The SMILES string of the molecule is O=c1[nH]c2ccccc2c2csnc12. The van der Waals surface area contributed by atoms with Crippen molar-refractivity contribution in [1.82, 2.24) is 9.36 Å². The largest absolute Gasteiger partial charge is 0.320 e. The van der Waals surface area contributed by atoms with Crippen molar-refractivity contribution in [3.63, 3.8) is 0 Å². The van der Waals surface area contributed by atoms with Crippen LogP contribution < -0.4 is 5.56 Å². The molecule has 4 heteroatoms. The summed E-state index contributed by atoms with van der Waals surface area (Å²) in [5.41, 5.74) is 1.29. The second-order valence-electron chi connectivity index (χ2n) is 3.08. The number of hydrogen-bond acceptors (Lipinski definition) is 3. The lowest BCUT2D eigenvalue weighted by Crippen LogP contribution is -2.05. The maximum Gasteiger partial charge on any atom is 0.276 e. The molecule has 0 aliphatic carbocycles. The van der Waals surface area contributed by atoms with E-state index in [9.17, 15) is 4.79 Å². The van der Waals surface area contributed by atoms with Gasteiger partial charge in [0.25, 0.3) is 5.56 Å². The number of pyridine rings is 1. The van der Waals surface area contributed by atoms with E-state index in [1.165, 1.54) is 11.5 Å². The summed E-state index contributed by atoms with van der Waals surface area (Å²) >= 11 is 1.31. The van der Waals surface area contributed by atoms with Gasteiger partial charge in [0.15, 0.2) is 0 Å². The van der Waals surface area contributed by atoms with Crippen LogP contribution in [0.15, 0.2) is 34.4 Å². The Bertz CT molecular complexity index is 668. The van der Waals surface area contributed by atoms with Gasteiger partial charge in [0.05, 0.1) is 0 Å². The van der Waals surface area contributed by atoms with E-state index in [1.807, 2.05) is 29.6 Å². The average Bonchev–Trinajstić information content (AvgIpc) is 2.67. The van der Waals surface area contributed by atoms with E-state index >= 15 is 0 Å². The topological polar surface area (TPSA) is 45.8 Å². The van der Waals surface area contributed by atoms with Crippen LogP contribution in [0.25, 0.3) is 21.8 Å². The van der Waals surface area contributed by atoms with Crippen LogP contribution >= 0.6 is 11.5 Å². The molecule has 3 aromatic rings. The number of rotatable bonds is 0. The Morgan fingerprint density at radius 2 is 2.07 bits per heavy atom. The molecule has 14 heavy (non-hydrogen) atoms. The van der Waals surface area contributed by atoms with E-state index in [1.54, 1.807) is 0 Å². The molecule has 0 fully saturated rings. The van der Waals surface area contributed by atoms with E-state index in [-0.39, 0.29) is 5.56 Å². The van der Waals surface area contributed by atoms with Gasteiger partial charge in [-0.05, 0) is 17.6 Å². The van der Waals surface area contributed by atoms with Gasteiger partial charge in [-0.2, -0.15) is 4.37 Å². The summed E-state index contributed by atoms with van der Waals surface area (Å²) in [6.45, 7) is 0. The predicted octanol–water partition coefficient (Wildman–Crippen LogP) is 2.14. The molecule has 1 aromatic carbocycles. The third-order valence-electron chi connectivity index (χ3n) is 2.25. The highest BCUT2D eigenvalue weighted by atomic mass is 32.1. The third kappa shape index (κ3) is 0.914. The van der Waals surface area contributed by atoms with Crippen LogP contribution in [0.5, 0.6) is 0 Å². The summed E-state index contributed by atoms with van der Waals surface area (Å²) in [5.74, 6) is 0. The standard InChI is InChI=1S/C10H6N2OS/c13-10-9-7(5-14-12-9)6-3-1-2-4-8(6)11-10/h1-5H,(H,11,13). The summed E-state index contributed by atoms with van der Waals surface area (Å²) in [7, 11) is 0. The summed E-state index contributed by atoms with van der Waals surface area (Å²) < 4.78 is 4.07. The Morgan fingerprint density at radius 1 is 1.21 bits per heavy atom. The number of H-pyrrole nitrogens is 1. The Morgan fingerprint density at radius 3 is 3.00 bits per heavy atom. The summed E-state index contributed by atoms with van der Waals surface area (Å²) in [6, 6.07) is 7.75. The quantitative estimate of drug-likeness (QED) is 0.607. The van der Waals surface area contributed by atoms with E-state index < -0.39 is 0 Å². The second kappa shape index (κ2) is 2.65. The van der Waals surface area contributed by atoms with Crippen LogP contribution in [0, 0.1) is 0 Å². The molecule has 3 nitrogen and oxygen atoms in total. The zero-order valence-electron chi connectivity index (χ0n) is 7.15. The zero-order chi connectivity index (χ0) is 9.54.